The third kappa shape index (κ3) is 44.8. The molecule has 0 rings (SSSR count). The van der Waals surface area contributed by atoms with Gasteiger partial charge in [0, 0.05) is 6.42 Å². The van der Waals surface area contributed by atoms with Crippen LogP contribution in [0.5, 0.6) is 0 Å². The van der Waals surface area contributed by atoms with Gasteiger partial charge >= 0.3 is 0 Å². The first-order chi connectivity index (χ1) is 28.5. The van der Waals surface area contributed by atoms with E-state index in [9.17, 15) is 19.4 Å². The molecule has 0 heterocycles. The van der Waals surface area contributed by atoms with Gasteiger partial charge in [-0.1, -0.05) is 212 Å². The molecule has 0 aromatic rings. The molecule has 0 aliphatic heterocycles. The molecule has 3 atom stereocenters. The zero-order valence-corrected chi connectivity index (χ0v) is 40.6. The number of carbonyl (C=O) groups excluding carboxylic acids is 1. The van der Waals surface area contributed by atoms with Gasteiger partial charge in [-0.2, -0.15) is 0 Å². The number of phosphoric ester groups is 1. The number of unbranched alkanes of at least 4 members (excludes halogenated alkanes) is 31. The highest BCUT2D eigenvalue weighted by atomic mass is 31.2. The average Bonchev–Trinajstić information content (AvgIpc) is 3.19. The number of allylic oxidation sites excluding steroid dienone is 3. The third-order valence-electron chi connectivity index (χ3n) is 11.4. The van der Waals surface area contributed by atoms with E-state index in [1.165, 1.54) is 180 Å². The van der Waals surface area contributed by atoms with Crippen LogP contribution in [-0.2, 0) is 18.4 Å². The monoisotopic (exact) mass is 855 g/mol. The van der Waals surface area contributed by atoms with E-state index in [4.69, 9.17) is 9.05 Å². The predicted molar refractivity (Wildman–Crippen MR) is 252 cm³/mol. The van der Waals surface area contributed by atoms with Gasteiger partial charge in [-0.25, -0.2) is 0 Å². The fourth-order valence-corrected chi connectivity index (χ4v) is 8.11. The molecule has 0 aromatic heterocycles. The van der Waals surface area contributed by atoms with Crippen LogP contribution < -0.4 is 10.2 Å². The Balaban J connectivity index is 4.24. The molecule has 350 valence electrons. The highest BCUT2D eigenvalue weighted by Crippen LogP contribution is 2.38. The van der Waals surface area contributed by atoms with E-state index >= 15 is 0 Å². The normalized spacial score (nSPS) is 14.4. The Labute approximate surface area is 366 Å². The number of aliphatic hydroxyl groups is 1. The van der Waals surface area contributed by atoms with Crippen LogP contribution in [0.4, 0.5) is 0 Å². The number of amides is 1. The summed E-state index contributed by atoms with van der Waals surface area (Å²) in [6.07, 6.45) is 50.9. The third-order valence-corrected chi connectivity index (χ3v) is 12.4. The summed E-state index contributed by atoms with van der Waals surface area (Å²) in [4.78, 5) is 25.4. The maximum Gasteiger partial charge on any atom is 0.268 e. The van der Waals surface area contributed by atoms with E-state index in [1.807, 2.05) is 27.2 Å². The summed E-state index contributed by atoms with van der Waals surface area (Å²) in [7, 11) is 1.27. The van der Waals surface area contributed by atoms with Crippen LogP contribution in [0.25, 0.3) is 0 Å². The molecule has 2 N–H and O–H groups in total. The molecule has 0 radical (unpaired) electrons. The van der Waals surface area contributed by atoms with Gasteiger partial charge in [-0.3, -0.25) is 9.36 Å². The molecule has 1 unspecified atom stereocenters. The summed E-state index contributed by atoms with van der Waals surface area (Å²) >= 11 is 0. The van der Waals surface area contributed by atoms with E-state index in [2.05, 4.69) is 31.3 Å². The topological polar surface area (TPSA) is 108 Å². The molecule has 0 saturated heterocycles. The summed E-state index contributed by atoms with van der Waals surface area (Å²) in [6, 6.07) is -0.883. The van der Waals surface area contributed by atoms with Crippen molar-refractivity contribution in [3.8, 4) is 0 Å². The molecule has 0 aromatic carbocycles. The molecule has 8 nitrogen and oxygen atoms in total. The second-order valence-electron chi connectivity index (χ2n) is 18.5. The zero-order valence-electron chi connectivity index (χ0n) is 39.7. The van der Waals surface area contributed by atoms with Crippen LogP contribution in [0, 0.1) is 0 Å². The highest BCUT2D eigenvalue weighted by molar-refractivity contribution is 7.45. The van der Waals surface area contributed by atoms with Gasteiger partial charge in [0.1, 0.15) is 13.2 Å². The first-order valence-corrected chi connectivity index (χ1v) is 26.7. The number of likely N-dealkylation sites (N-methyl/N-ethyl adjacent to an activating group) is 1. The van der Waals surface area contributed by atoms with Crippen molar-refractivity contribution in [2.45, 2.75) is 251 Å². The first-order valence-electron chi connectivity index (χ1n) is 25.2. The molecule has 59 heavy (non-hydrogen) atoms. The van der Waals surface area contributed by atoms with Crippen molar-refractivity contribution in [2.75, 3.05) is 40.9 Å². The molecule has 1 amide bonds. The number of carbonyl (C=O) groups is 1. The number of quaternary nitrogens is 1. The number of nitrogens with zero attached hydrogens (tertiary/aromatic N) is 1. The number of hydrogen-bond acceptors (Lipinski definition) is 6. The standard InChI is InChI=1S/C50H99N2O6P/c1-6-8-10-12-14-16-18-20-22-23-24-25-26-27-28-29-30-32-34-36-38-40-42-44-50(54)51-48(47-58-59(55,56)57-46-45-52(3,4)5)49(53)43-41-39-37-35-33-31-21-19-17-15-13-11-9-7-2/h20,22,41,43,48-49,53H,6-19,21,23-40,42,44-47H2,1-5H3,(H-,51,54,55,56)/b22-20+,43-41+/t48-,49+/m0/s1. The van der Waals surface area contributed by atoms with E-state index in [1.54, 1.807) is 6.08 Å². The van der Waals surface area contributed by atoms with Crippen molar-refractivity contribution in [2.24, 2.45) is 0 Å². The lowest BCUT2D eigenvalue weighted by atomic mass is 10.0. The van der Waals surface area contributed by atoms with Crippen LogP contribution in [0.3, 0.4) is 0 Å². The number of aliphatic hydroxyl groups excluding tert-OH is 1. The molecule has 0 bridgehead atoms. The molecule has 0 aliphatic carbocycles. The van der Waals surface area contributed by atoms with Crippen LogP contribution in [-0.4, -0.2) is 68.5 Å². The Morgan fingerprint density at radius 2 is 0.932 bits per heavy atom. The van der Waals surface area contributed by atoms with Crippen LogP contribution in [0.1, 0.15) is 239 Å². The quantitative estimate of drug-likeness (QED) is 0.0273. The second kappa shape index (κ2) is 42.3. The van der Waals surface area contributed by atoms with Gasteiger partial charge in [0.15, 0.2) is 0 Å². The number of rotatable bonds is 46. The molecule has 0 saturated carbocycles. The minimum atomic E-state index is -4.59. The summed E-state index contributed by atoms with van der Waals surface area (Å²) in [5, 5.41) is 13.8. The van der Waals surface area contributed by atoms with Gasteiger partial charge < -0.3 is 28.8 Å². The second-order valence-corrected chi connectivity index (χ2v) is 19.9. The van der Waals surface area contributed by atoms with E-state index < -0.39 is 20.0 Å². The summed E-state index contributed by atoms with van der Waals surface area (Å²) < 4.78 is 23.3. The van der Waals surface area contributed by atoms with Gasteiger partial charge in [0.2, 0.25) is 5.91 Å². The average molecular weight is 855 g/mol. The maximum absolute atomic E-state index is 12.9. The summed E-state index contributed by atoms with van der Waals surface area (Å²) in [6.45, 7) is 4.66. The Morgan fingerprint density at radius 3 is 1.32 bits per heavy atom. The van der Waals surface area contributed by atoms with Crippen LogP contribution in [0.15, 0.2) is 24.3 Å². The minimum absolute atomic E-state index is 0.000658. The highest BCUT2D eigenvalue weighted by Gasteiger charge is 2.23. The fourth-order valence-electron chi connectivity index (χ4n) is 7.38. The van der Waals surface area contributed by atoms with Gasteiger partial charge in [-0.15, -0.1) is 0 Å². The number of hydrogen-bond donors (Lipinski definition) is 2. The fraction of sp³-hybridized carbons (Fsp3) is 0.900. The molecule has 0 aliphatic rings. The Kier molecular flexibility index (Phi) is 41.6. The van der Waals surface area contributed by atoms with E-state index in [-0.39, 0.29) is 19.1 Å². The van der Waals surface area contributed by atoms with Crippen molar-refractivity contribution in [1.29, 1.82) is 0 Å². The lowest BCUT2D eigenvalue weighted by molar-refractivity contribution is -0.870. The van der Waals surface area contributed by atoms with Crippen molar-refractivity contribution < 1.29 is 32.9 Å². The minimum Gasteiger partial charge on any atom is -0.756 e. The number of phosphoric acid groups is 1. The Morgan fingerprint density at radius 1 is 0.576 bits per heavy atom. The van der Waals surface area contributed by atoms with E-state index in [0.29, 0.717) is 17.4 Å². The molecule has 0 fully saturated rings. The largest absolute Gasteiger partial charge is 0.756 e. The zero-order chi connectivity index (χ0) is 43.6. The van der Waals surface area contributed by atoms with Crippen molar-refractivity contribution >= 4 is 13.7 Å². The van der Waals surface area contributed by atoms with Crippen molar-refractivity contribution in [3.63, 3.8) is 0 Å². The number of nitrogens with one attached hydrogen (secondary N) is 1. The van der Waals surface area contributed by atoms with Crippen LogP contribution in [0.2, 0.25) is 0 Å². The molecular weight excluding hydrogens is 756 g/mol. The molecule has 0 spiro atoms. The van der Waals surface area contributed by atoms with Crippen LogP contribution >= 0.6 is 7.82 Å². The first kappa shape index (κ1) is 58.0. The van der Waals surface area contributed by atoms with Crippen molar-refractivity contribution in [3.05, 3.63) is 24.3 Å². The Hall–Kier alpha value is -1.02. The summed E-state index contributed by atoms with van der Waals surface area (Å²) in [5.74, 6) is -0.196. The smallest absolute Gasteiger partial charge is 0.268 e. The van der Waals surface area contributed by atoms with Gasteiger partial charge in [0.25, 0.3) is 7.82 Å². The lowest BCUT2D eigenvalue weighted by Crippen LogP contribution is -2.45. The van der Waals surface area contributed by atoms with Gasteiger partial charge in [-0.05, 0) is 44.9 Å². The maximum atomic E-state index is 12.9. The van der Waals surface area contributed by atoms with E-state index in [0.717, 1.165) is 38.5 Å². The molecule has 9 heteroatoms. The predicted octanol–water partition coefficient (Wildman–Crippen LogP) is 13.8. The SMILES string of the molecule is CCCCCCCC/C=C/CCCCCCCCCCCCCCCC(=O)N[C@@H](COP(=O)([O-])OCC[N+](C)(C)C)[C@H](O)/C=C/CCCCCCCCCCCCCC. The summed E-state index contributed by atoms with van der Waals surface area (Å²) in [5.41, 5.74) is 0. The Bertz CT molecular complexity index is 1020. The molecular formula is C50H99N2O6P. The lowest BCUT2D eigenvalue weighted by Gasteiger charge is -2.29. The van der Waals surface area contributed by atoms with Gasteiger partial charge in [0.05, 0.1) is 39.9 Å². The van der Waals surface area contributed by atoms with Crippen molar-refractivity contribution in [1.82, 2.24) is 5.32 Å².